The van der Waals surface area contributed by atoms with Crippen molar-refractivity contribution in [3.05, 3.63) is 64.2 Å². The van der Waals surface area contributed by atoms with E-state index in [4.69, 9.17) is 25.8 Å². The minimum absolute atomic E-state index is 0.307. The second kappa shape index (κ2) is 10.6. The van der Waals surface area contributed by atoms with Crippen molar-refractivity contribution in [3.8, 4) is 5.75 Å². The standard InChI is InChI=1S/C23H29ClO6/c1-3-11-29-17-8-5-14(6-9-17)12-16-13-15(7-10-18(16)24)22-20(26)19(25)21(27)23(30-22)28-4-2/h5-10,13,19-23,25-27H,3-4,11-12H2,1-2H3/t19-,20-,21+,22+,23?/m1/s1. The van der Waals surface area contributed by atoms with Gasteiger partial charge in [0, 0.05) is 11.6 Å². The maximum Gasteiger partial charge on any atom is 0.186 e. The zero-order valence-electron chi connectivity index (χ0n) is 17.2. The Labute approximate surface area is 182 Å². The van der Waals surface area contributed by atoms with E-state index in [0.29, 0.717) is 30.2 Å². The number of hydrogen-bond donors (Lipinski definition) is 3. The quantitative estimate of drug-likeness (QED) is 0.588. The van der Waals surface area contributed by atoms with Gasteiger partial charge in [0.1, 0.15) is 30.2 Å². The minimum atomic E-state index is -1.38. The Bertz CT molecular complexity index is 812. The Hall–Kier alpha value is -1.67. The first-order valence-electron chi connectivity index (χ1n) is 10.3. The highest BCUT2D eigenvalue weighted by Crippen LogP contribution is 2.35. The molecule has 1 aliphatic rings. The van der Waals surface area contributed by atoms with Crippen molar-refractivity contribution in [2.75, 3.05) is 13.2 Å². The van der Waals surface area contributed by atoms with E-state index in [1.807, 2.05) is 30.3 Å². The molecule has 5 atom stereocenters. The second-order valence-electron chi connectivity index (χ2n) is 7.37. The van der Waals surface area contributed by atoms with E-state index in [-0.39, 0.29) is 0 Å². The summed E-state index contributed by atoms with van der Waals surface area (Å²) in [5, 5.41) is 31.4. The van der Waals surface area contributed by atoms with Gasteiger partial charge in [-0.05, 0) is 54.7 Å². The molecule has 0 saturated carbocycles. The molecule has 164 valence electrons. The van der Waals surface area contributed by atoms with Crippen LogP contribution in [0.1, 0.15) is 43.1 Å². The average molecular weight is 437 g/mol. The third-order valence-electron chi connectivity index (χ3n) is 5.09. The van der Waals surface area contributed by atoms with Crippen molar-refractivity contribution >= 4 is 11.6 Å². The number of aliphatic hydroxyl groups is 3. The molecule has 7 heteroatoms. The highest BCUT2D eigenvalue weighted by molar-refractivity contribution is 6.31. The molecule has 30 heavy (non-hydrogen) atoms. The fraction of sp³-hybridized carbons (Fsp3) is 0.478. The lowest BCUT2D eigenvalue weighted by Crippen LogP contribution is -2.54. The van der Waals surface area contributed by atoms with Gasteiger partial charge < -0.3 is 29.5 Å². The van der Waals surface area contributed by atoms with Gasteiger partial charge in [-0.15, -0.1) is 0 Å². The number of hydrogen-bond acceptors (Lipinski definition) is 6. The van der Waals surface area contributed by atoms with Crippen LogP contribution in [0, 0.1) is 0 Å². The van der Waals surface area contributed by atoms with Crippen molar-refractivity contribution in [2.24, 2.45) is 0 Å². The van der Waals surface area contributed by atoms with Gasteiger partial charge in [-0.1, -0.05) is 42.8 Å². The van der Waals surface area contributed by atoms with Crippen LogP contribution in [0.3, 0.4) is 0 Å². The molecule has 0 aliphatic carbocycles. The molecule has 1 unspecified atom stereocenters. The molecule has 6 nitrogen and oxygen atoms in total. The van der Waals surface area contributed by atoms with Gasteiger partial charge in [-0.2, -0.15) is 0 Å². The summed E-state index contributed by atoms with van der Waals surface area (Å²) in [5.41, 5.74) is 2.58. The Kier molecular flexibility index (Phi) is 8.11. The Morgan fingerprint density at radius 2 is 1.70 bits per heavy atom. The summed E-state index contributed by atoms with van der Waals surface area (Å²) in [6.07, 6.45) is -4.32. The number of benzene rings is 2. The van der Waals surface area contributed by atoms with E-state index in [9.17, 15) is 15.3 Å². The third-order valence-corrected chi connectivity index (χ3v) is 5.46. The van der Waals surface area contributed by atoms with Crippen LogP contribution in [-0.4, -0.2) is 53.1 Å². The molecule has 0 spiro atoms. The van der Waals surface area contributed by atoms with Crippen LogP contribution < -0.4 is 4.74 Å². The molecule has 0 bridgehead atoms. The monoisotopic (exact) mass is 436 g/mol. The van der Waals surface area contributed by atoms with Crippen molar-refractivity contribution in [2.45, 2.75) is 57.4 Å². The van der Waals surface area contributed by atoms with Crippen molar-refractivity contribution in [3.63, 3.8) is 0 Å². The molecular weight excluding hydrogens is 408 g/mol. The van der Waals surface area contributed by atoms with E-state index in [1.165, 1.54) is 0 Å². The summed E-state index contributed by atoms with van der Waals surface area (Å²) in [6, 6.07) is 13.2. The third kappa shape index (κ3) is 5.32. The van der Waals surface area contributed by atoms with E-state index < -0.39 is 30.7 Å². The minimum Gasteiger partial charge on any atom is -0.494 e. The first-order valence-corrected chi connectivity index (χ1v) is 10.6. The number of aliphatic hydroxyl groups excluding tert-OH is 3. The molecule has 3 rings (SSSR count). The first kappa shape index (κ1) is 23.0. The first-order chi connectivity index (χ1) is 14.4. The summed E-state index contributed by atoms with van der Waals surface area (Å²) < 4.78 is 16.8. The van der Waals surface area contributed by atoms with E-state index >= 15 is 0 Å². The van der Waals surface area contributed by atoms with Crippen LogP contribution in [0.15, 0.2) is 42.5 Å². The van der Waals surface area contributed by atoms with Gasteiger partial charge in [0.2, 0.25) is 0 Å². The van der Waals surface area contributed by atoms with E-state index in [2.05, 4.69) is 6.92 Å². The van der Waals surface area contributed by atoms with Gasteiger partial charge in [-0.3, -0.25) is 0 Å². The summed E-state index contributed by atoms with van der Waals surface area (Å²) >= 11 is 6.41. The molecule has 1 aliphatic heterocycles. The Balaban J connectivity index is 1.79. The topological polar surface area (TPSA) is 88.4 Å². The summed E-state index contributed by atoms with van der Waals surface area (Å²) in [7, 11) is 0. The maximum absolute atomic E-state index is 10.5. The zero-order valence-corrected chi connectivity index (χ0v) is 18.0. The molecule has 0 amide bonds. The van der Waals surface area contributed by atoms with E-state index in [1.54, 1.807) is 19.1 Å². The lowest BCUT2D eigenvalue weighted by atomic mass is 9.92. The van der Waals surface area contributed by atoms with Crippen molar-refractivity contribution < 1.29 is 29.5 Å². The molecular formula is C23H29ClO6. The van der Waals surface area contributed by atoms with E-state index in [0.717, 1.165) is 23.3 Å². The zero-order chi connectivity index (χ0) is 21.7. The van der Waals surface area contributed by atoms with Crippen molar-refractivity contribution in [1.82, 2.24) is 0 Å². The summed E-state index contributed by atoms with van der Waals surface area (Å²) in [6.45, 7) is 4.81. The highest BCUT2D eigenvalue weighted by atomic mass is 35.5. The molecule has 0 radical (unpaired) electrons. The highest BCUT2D eigenvalue weighted by Gasteiger charge is 2.44. The molecule has 1 saturated heterocycles. The van der Waals surface area contributed by atoms with Crippen molar-refractivity contribution in [1.29, 1.82) is 0 Å². The fourth-order valence-electron chi connectivity index (χ4n) is 3.48. The summed E-state index contributed by atoms with van der Waals surface area (Å²) in [4.78, 5) is 0. The predicted molar refractivity (Wildman–Crippen MR) is 114 cm³/mol. The molecule has 0 aromatic heterocycles. The number of ether oxygens (including phenoxy) is 3. The summed E-state index contributed by atoms with van der Waals surface area (Å²) in [5.74, 6) is 0.827. The lowest BCUT2D eigenvalue weighted by Gasteiger charge is -2.40. The lowest BCUT2D eigenvalue weighted by molar-refractivity contribution is -0.298. The molecule has 2 aromatic rings. The predicted octanol–water partition coefficient (Wildman–Crippen LogP) is 3.24. The molecule has 1 heterocycles. The Morgan fingerprint density at radius 3 is 2.37 bits per heavy atom. The fourth-order valence-corrected chi connectivity index (χ4v) is 3.66. The van der Waals surface area contributed by atoms with Gasteiger partial charge in [-0.25, -0.2) is 0 Å². The van der Waals surface area contributed by atoms with Crippen LogP contribution in [0.5, 0.6) is 5.75 Å². The van der Waals surface area contributed by atoms with Crippen LogP contribution >= 0.6 is 11.6 Å². The molecule has 2 aromatic carbocycles. The number of rotatable bonds is 8. The molecule has 1 fully saturated rings. The SMILES string of the molecule is CCCOc1ccc(Cc2cc([C@@H]3OC(OCC)[C@@H](O)[C@H](O)[C@H]3O)ccc2Cl)cc1. The van der Waals surface area contributed by atoms with Gasteiger partial charge >= 0.3 is 0 Å². The smallest absolute Gasteiger partial charge is 0.186 e. The van der Waals surface area contributed by atoms with Gasteiger partial charge in [0.15, 0.2) is 6.29 Å². The number of halogens is 1. The second-order valence-corrected chi connectivity index (χ2v) is 7.78. The largest absolute Gasteiger partial charge is 0.494 e. The van der Waals surface area contributed by atoms with Gasteiger partial charge in [0.25, 0.3) is 0 Å². The Morgan fingerprint density at radius 1 is 0.967 bits per heavy atom. The van der Waals surface area contributed by atoms with Crippen LogP contribution in [0.2, 0.25) is 5.02 Å². The maximum atomic E-state index is 10.5. The van der Waals surface area contributed by atoms with Crippen LogP contribution in [-0.2, 0) is 15.9 Å². The normalized spacial score (nSPS) is 26.5. The van der Waals surface area contributed by atoms with Crippen LogP contribution in [0.4, 0.5) is 0 Å². The van der Waals surface area contributed by atoms with Crippen LogP contribution in [0.25, 0.3) is 0 Å². The average Bonchev–Trinajstić information content (AvgIpc) is 2.75. The van der Waals surface area contributed by atoms with Gasteiger partial charge in [0.05, 0.1) is 6.61 Å². The molecule has 3 N–H and O–H groups in total.